The lowest BCUT2D eigenvalue weighted by atomic mass is 9.65. The van der Waals surface area contributed by atoms with Crippen LogP contribution in [0.1, 0.15) is 33.6 Å². The highest BCUT2D eigenvalue weighted by atomic mass is 35.5. The minimum Gasteiger partial charge on any atom is -0.494 e. The second kappa shape index (κ2) is 5.40. The zero-order valence-corrected chi connectivity index (χ0v) is 12.0. The van der Waals surface area contributed by atoms with Crippen molar-refractivity contribution in [3.63, 3.8) is 0 Å². The normalized spacial score (nSPS) is 30.7. The van der Waals surface area contributed by atoms with E-state index < -0.39 is 0 Å². The molecule has 0 saturated heterocycles. The van der Waals surface area contributed by atoms with Crippen LogP contribution in [0, 0.1) is 5.41 Å². The SMILES string of the molecule is CCOc1ccc(OC2CC(Cl)C2(C)CC)cc1. The molecule has 0 radical (unpaired) electrons. The summed E-state index contributed by atoms with van der Waals surface area (Å²) in [6.07, 6.45) is 2.20. The number of ether oxygens (including phenoxy) is 2. The van der Waals surface area contributed by atoms with Crippen molar-refractivity contribution in [3.8, 4) is 11.5 Å². The van der Waals surface area contributed by atoms with Gasteiger partial charge in [-0.2, -0.15) is 0 Å². The monoisotopic (exact) mass is 268 g/mol. The lowest BCUT2D eigenvalue weighted by Gasteiger charge is -2.50. The molecule has 0 amide bonds. The first-order valence-corrected chi connectivity index (χ1v) is 7.07. The summed E-state index contributed by atoms with van der Waals surface area (Å²) in [6, 6.07) is 7.81. The molecular formula is C15H21ClO2. The maximum Gasteiger partial charge on any atom is 0.120 e. The second-order valence-electron chi connectivity index (χ2n) is 5.07. The van der Waals surface area contributed by atoms with Crippen molar-refractivity contribution < 1.29 is 9.47 Å². The van der Waals surface area contributed by atoms with Gasteiger partial charge < -0.3 is 9.47 Å². The molecule has 2 rings (SSSR count). The Morgan fingerprint density at radius 1 is 1.22 bits per heavy atom. The zero-order chi connectivity index (χ0) is 13.2. The van der Waals surface area contributed by atoms with Crippen molar-refractivity contribution in [2.75, 3.05) is 6.61 Å². The van der Waals surface area contributed by atoms with E-state index in [1.807, 2.05) is 31.2 Å². The minimum atomic E-state index is 0.0974. The molecule has 1 aliphatic carbocycles. The Hall–Kier alpha value is -0.890. The number of alkyl halides is 1. The molecule has 0 heterocycles. The largest absolute Gasteiger partial charge is 0.494 e. The van der Waals surface area contributed by atoms with Crippen LogP contribution in [0.15, 0.2) is 24.3 Å². The van der Waals surface area contributed by atoms with Gasteiger partial charge in [0.15, 0.2) is 0 Å². The van der Waals surface area contributed by atoms with Crippen LogP contribution in [-0.4, -0.2) is 18.1 Å². The Morgan fingerprint density at radius 2 is 1.83 bits per heavy atom. The molecule has 0 aliphatic heterocycles. The fraction of sp³-hybridized carbons (Fsp3) is 0.600. The molecule has 3 unspecified atom stereocenters. The highest BCUT2D eigenvalue weighted by Gasteiger charge is 2.51. The molecule has 1 saturated carbocycles. The molecule has 0 aromatic heterocycles. The third-order valence-electron chi connectivity index (χ3n) is 4.05. The van der Waals surface area contributed by atoms with Crippen LogP contribution in [0.4, 0.5) is 0 Å². The standard InChI is InChI=1S/C15H21ClO2/c1-4-15(3)13(16)10-14(15)18-12-8-6-11(7-9-12)17-5-2/h6-9,13-14H,4-5,10H2,1-3H3. The maximum absolute atomic E-state index is 6.28. The molecule has 1 aliphatic rings. The van der Waals surface area contributed by atoms with E-state index in [2.05, 4.69) is 13.8 Å². The molecular weight excluding hydrogens is 248 g/mol. The van der Waals surface area contributed by atoms with E-state index >= 15 is 0 Å². The summed E-state index contributed by atoms with van der Waals surface area (Å²) in [5.74, 6) is 1.78. The van der Waals surface area contributed by atoms with Gasteiger partial charge in [0, 0.05) is 17.2 Å². The van der Waals surface area contributed by atoms with Crippen molar-refractivity contribution in [3.05, 3.63) is 24.3 Å². The topological polar surface area (TPSA) is 18.5 Å². The summed E-state index contributed by atoms with van der Waals surface area (Å²) < 4.78 is 11.4. The smallest absolute Gasteiger partial charge is 0.120 e. The van der Waals surface area contributed by atoms with E-state index in [0.29, 0.717) is 6.61 Å². The Kier molecular flexibility index (Phi) is 4.06. The highest BCUT2D eigenvalue weighted by molar-refractivity contribution is 6.21. The Morgan fingerprint density at radius 3 is 2.33 bits per heavy atom. The van der Waals surface area contributed by atoms with E-state index in [9.17, 15) is 0 Å². The van der Waals surface area contributed by atoms with Crippen LogP contribution < -0.4 is 9.47 Å². The summed E-state index contributed by atoms with van der Waals surface area (Å²) in [4.78, 5) is 0. The van der Waals surface area contributed by atoms with E-state index in [1.54, 1.807) is 0 Å². The molecule has 0 bridgehead atoms. The van der Waals surface area contributed by atoms with Gasteiger partial charge in [-0.25, -0.2) is 0 Å². The van der Waals surface area contributed by atoms with Gasteiger partial charge in [-0.3, -0.25) is 0 Å². The summed E-state index contributed by atoms with van der Waals surface area (Å²) in [5, 5.41) is 0.232. The quantitative estimate of drug-likeness (QED) is 0.743. The van der Waals surface area contributed by atoms with Gasteiger partial charge in [0.05, 0.1) is 6.61 Å². The average Bonchev–Trinajstić information content (AvgIpc) is 2.40. The summed E-state index contributed by atoms with van der Waals surface area (Å²) in [5.41, 5.74) is 0.0974. The van der Waals surface area contributed by atoms with Crippen LogP contribution in [-0.2, 0) is 0 Å². The summed E-state index contributed by atoms with van der Waals surface area (Å²) in [6.45, 7) is 7.03. The van der Waals surface area contributed by atoms with Crippen molar-refractivity contribution in [2.45, 2.75) is 45.1 Å². The number of rotatable bonds is 5. The molecule has 1 fully saturated rings. The van der Waals surface area contributed by atoms with Gasteiger partial charge in [-0.1, -0.05) is 13.8 Å². The minimum absolute atomic E-state index is 0.0974. The number of benzene rings is 1. The second-order valence-corrected chi connectivity index (χ2v) is 5.60. The molecule has 100 valence electrons. The van der Waals surface area contributed by atoms with Gasteiger partial charge in [0.1, 0.15) is 17.6 Å². The van der Waals surface area contributed by atoms with Crippen LogP contribution in [0.5, 0.6) is 11.5 Å². The van der Waals surface area contributed by atoms with E-state index in [-0.39, 0.29) is 16.9 Å². The first-order valence-electron chi connectivity index (χ1n) is 6.63. The fourth-order valence-electron chi connectivity index (χ4n) is 2.34. The van der Waals surface area contributed by atoms with Crippen molar-refractivity contribution in [1.29, 1.82) is 0 Å². The van der Waals surface area contributed by atoms with Crippen molar-refractivity contribution in [2.24, 2.45) is 5.41 Å². The van der Waals surface area contributed by atoms with Gasteiger partial charge in [-0.15, -0.1) is 11.6 Å². The Labute approximate surface area is 114 Å². The fourth-order valence-corrected chi connectivity index (χ4v) is 2.80. The van der Waals surface area contributed by atoms with Gasteiger partial charge in [0.25, 0.3) is 0 Å². The van der Waals surface area contributed by atoms with Crippen molar-refractivity contribution >= 4 is 11.6 Å². The predicted molar refractivity (Wildman–Crippen MR) is 74.7 cm³/mol. The predicted octanol–water partition coefficient (Wildman–Crippen LogP) is 4.26. The third-order valence-corrected chi connectivity index (χ3v) is 4.72. The highest BCUT2D eigenvalue weighted by Crippen LogP contribution is 2.49. The molecule has 3 atom stereocenters. The molecule has 3 heteroatoms. The Balaban J connectivity index is 1.98. The molecule has 1 aromatic carbocycles. The van der Waals surface area contributed by atoms with Crippen LogP contribution in [0.2, 0.25) is 0 Å². The van der Waals surface area contributed by atoms with Crippen LogP contribution in [0.3, 0.4) is 0 Å². The molecule has 18 heavy (non-hydrogen) atoms. The Bertz CT molecular complexity index is 390. The third kappa shape index (κ3) is 2.44. The zero-order valence-electron chi connectivity index (χ0n) is 11.3. The van der Waals surface area contributed by atoms with Crippen LogP contribution >= 0.6 is 11.6 Å². The number of hydrogen-bond donors (Lipinski definition) is 0. The summed E-state index contributed by atoms with van der Waals surface area (Å²) in [7, 11) is 0. The van der Waals surface area contributed by atoms with E-state index in [1.165, 1.54) is 0 Å². The van der Waals surface area contributed by atoms with Gasteiger partial charge in [-0.05, 0) is 37.6 Å². The van der Waals surface area contributed by atoms with Crippen LogP contribution in [0.25, 0.3) is 0 Å². The van der Waals surface area contributed by atoms with Gasteiger partial charge in [0.2, 0.25) is 0 Å². The lowest BCUT2D eigenvalue weighted by molar-refractivity contribution is -0.0295. The first-order chi connectivity index (χ1) is 8.60. The average molecular weight is 269 g/mol. The van der Waals surface area contributed by atoms with Gasteiger partial charge >= 0.3 is 0 Å². The van der Waals surface area contributed by atoms with E-state index in [0.717, 1.165) is 24.3 Å². The molecule has 2 nitrogen and oxygen atoms in total. The number of hydrogen-bond acceptors (Lipinski definition) is 2. The lowest BCUT2D eigenvalue weighted by Crippen LogP contribution is -2.55. The van der Waals surface area contributed by atoms with Crippen molar-refractivity contribution in [1.82, 2.24) is 0 Å². The summed E-state index contributed by atoms with van der Waals surface area (Å²) >= 11 is 6.28. The maximum atomic E-state index is 6.28. The number of halogens is 1. The molecule has 0 N–H and O–H groups in total. The molecule has 1 aromatic rings. The van der Waals surface area contributed by atoms with E-state index in [4.69, 9.17) is 21.1 Å². The first kappa shape index (κ1) is 13.5. The molecule has 0 spiro atoms.